The summed E-state index contributed by atoms with van der Waals surface area (Å²) in [5, 5.41) is 2.31. The highest BCUT2D eigenvalue weighted by Gasteiger charge is 2.11. The van der Waals surface area contributed by atoms with E-state index in [1.807, 2.05) is 50.2 Å². The van der Waals surface area contributed by atoms with Gasteiger partial charge in [-0.1, -0.05) is 44.2 Å². The highest BCUT2D eigenvalue weighted by atomic mass is 16.5. The average molecular weight is 242 g/mol. The number of ketones is 1. The summed E-state index contributed by atoms with van der Waals surface area (Å²) < 4.78 is 5.55. The van der Waals surface area contributed by atoms with Crippen molar-refractivity contribution in [2.24, 2.45) is 5.92 Å². The fourth-order valence-electron chi connectivity index (χ4n) is 1.78. The molecule has 0 amide bonds. The quantitative estimate of drug-likeness (QED) is 0.796. The van der Waals surface area contributed by atoms with Gasteiger partial charge in [0.25, 0.3) is 0 Å². The summed E-state index contributed by atoms with van der Waals surface area (Å²) in [7, 11) is 0. The second-order valence-corrected chi connectivity index (χ2v) is 4.57. The molecular weight excluding hydrogens is 224 g/mol. The van der Waals surface area contributed by atoms with Crippen LogP contribution < -0.4 is 4.74 Å². The molecule has 0 spiro atoms. The van der Waals surface area contributed by atoms with Crippen molar-refractivity contribution in [1.29, 1.82) is 0 Å². The highest BCUT2D eigenvalue weighted by molar-refractivity contribution is 5.84. The van der Waals surface area contributed by atoms with Crippen LogP contribution >= 0.6 is 0 Å². The molecule has 2 heteroatoms. The van der Waals surface area contributed by atoms with Crippen LogP contribution in [0, 0.1) is 5.92 Å². The lowest BCUT2D eigenvalue weighted by molar-refractivity contribution is -0.124. The number of hydrogen-bond acceptors (Lipinski definition) is 2. The molecule has 0 saturated carbocycles. The van der Waals surface area contributed by atoms with Gasteiger partial charge in [0.1, 0.15) is 12.4 Å². The molecule has 0 saturated heterocycles. The van der Waals surface area contributed by atoms with Gasteiger partial charge in [-0.15, -0.1) is 0 Å². The lowest BCUT2D eigenvalue weighted by Gasteiger charge is -2.09. The van der Waals surface area contributed by atoms with Crippen LogP contribution in [0.25, 0.3) is 10.8 Å². The van der Waals surface area contributed by atoms with Gasteiger partial charge < -0.3 is 4.74 Å². The third-order valence-corrected chi connectivity index (χ3v) is 3.26. The molecule has 0 N–H and O–H groups in total. The Hall–Kier alpha value is -1.83. The summed E-state index contributed by atoms with van der Waals surface area (Å²) in [5.41, 5.74) is 0. The molecule has 2 rings (SSSR count). The smallest absolute Gasteiger partial charge is 0.172 e. The van der Waals surface area contributed by atoms with Gasteiger partial charge in [0.15, 0.2) is 5.78 Å². The maximum atomic E-state index is 11.7. The van der Waals surface area contributed by atoms with Crippen LogP contribution in [-0.2, 0) is 4.79 Å². The van der Waals surface area contributed by atoms with Gasteiger partial charge in [-0.3, -0.25) is 4.79 Å². The molecule has 0 aliphatic heterocycles. The van der Waals surface area contributed by atoms with Crippen molar-refractivity contribution in [3.8, 4) is 5.75 Å². The number of fused-ring (bicyclic) bond motifs is 1. The number of Topliss-reactive ketones (excluding diaryl/α,β-unsaturated/α-hetero) is 1. The molecule has 2 nitrogen and oxygen atoms in total. The SMILES string of the molecule is CCC(C)C(=O)COc1ccc2ccccc2c1. The lowest BCUT2D eigenvalue weighted by Crippen LogP contribution is -2.18. The van der Waals surface area contributed by atoms with Gasteiger partial charge in [0.05, 0.1) is 0 Å². The Morgan fingerprint density at radius 3 is 2.61 bits per heavy atom. The van der Waals surface area contributed by atoms with Crippen LogP contribution in [0.3, 0.4) is 0 Å². The zero-order chi connectivity index (χ0) is 13.0. The molecule has 18 heavy (non-hydrogen) atoms. The maximum Gasteiger partial charge on any atom is 0.172 e. The van der Waals surface area contributed by atoms with E-state index in [9.17, 15) is 4.79 Å². The first-order valence-corrected chi connectivity index (χ1v) is 6.35. The van der Waals surface area contributed by atoms with Crippen molar-refractivity contribution in [1.82, 2.24) is 0 Å². The van der Waals surface area contributed by atoms with E-state index in [2.05, 4.69) is 6.07 Å². The van der Waals surface area contributed by atoms with E-state index < -0.39 is 0 Å². The molecule has 0 aromatic heterocycles. The van der Waals surface area contributed by atoms with Crippen molar-refractivity contribution in [2.45, 2.75) is 20.3 Å². The molecular formula is C16H18O2. The number of rotatable bonds is 5. The Bertz CT molecular complexity index is 546. The van der Waals surface area contributed by atoms with Gasteiger partial charge in [-0.2, -0.15) is 0 Å². The van der Waals surface area contributed by atoms with Crippen LogP contribution in [0.15, 0.2) is 42.5 Å². The minimum Gasteiger partial charge on any atom is -0.486 e. The Balaban J connectivity index is 2.06. The van der Waals surface area contributed by atoms with Crippen LogP contribution in [-0.4, -0.2) is 12.4 Å². The van der Waals surface area contributed by atoms with Crippen LogP contribution in [0.5, 0.6) is 5.75 Å². The zero-order valence-electron chi connectivity index (χ0n) is 10.8. The largest absolute Gasteiger partial charge is 0.486 e. The number of hydrogen-bond donors (Lipinski definition) is 0. The van der Waals surface area contributed by atoms with Gasteiger partial charge in [0, 0.05) is 5.92 Å². The molecule has 0 aliphatic carbocycles. The highest BCUT2D eigenvalue weighted by Crippen LogP contribution is 2.20. The zero-order valence-corrected chi connectivity index (χ0v) is 10.8. The molecule has 0 heterocycles. The van der Waals surface area contributed by atoms with Crippen molar-refractivity contribution in [3.63, 3.8) is 0 Å². The molecule has 1 atom stereocenters. The molecule has 2 aromatic carbocycles. The van der Waals surface area contributed by atoms with Crippen molar-refractivity contribution in [2.75, 3.05) is 6.61 Å². The Kier molecular flexibility index (Phi) is 3.98. The number of carbonyl (C=O) groups is 1. The fraction of sp³-hybridized carbons (Fsp3) is 0.312. The van der Waals surface area contributed by atoms with E-state index in [4.69, 9.17) is 4.74 Å². The molecule has 94 valence electrons. The van der Waals surface area contributed by atoms with Crippen molar-refractivity contribution in [3.05, 3.63) is 42.5 Å². The van der Waals surface area contributed by atoms with E-state index in [1.54, 1.807) is 0 Å². The van der Waals surface area contributed by atoms with E-state index in [0.29, 0.717) is 0 Å². The molecule has 2 aromatic rings. The summed E-state index contributed by atoms with van der Waals surface area (Å²) in [6.45, 7) is 4.11. The summed E-state index contributed by atoms with van der Waals surface area (Å²) in [4.78, 5) is 11.7. The predicted molar refractivity (Wildman–Crippen MR) is 73.9 cm³/mol. The predicted octanol–water partition coefficient (Wildman–Crippen LogP) is 3.83. The Labute approximate surface area is 108 Å². The molecule has 0 bridgehead atoms. The van der Waals surface area contributed by atoms with Crippen LogP contribution in [0.1, 0.15) is 20.3 Å². The average Bonchev–Trinajstić information content (AvgIpc) is 2.43. The molecule has 1 unspecified atom stereocenters. The summed E-state index contributed by atoms with van der Waals surface area (Å²) >= 11 is 0. The maximum absolute atomic E-state index is 11.7. The van der Waals surface area contributed by atoms with Gasteiger partial charge in [-0.25, -0.2) is 0 Å². The first-order valence-electron chi connectivity index (χ1n) is 6.35. The Morgan fingerprint density at radius 2 is 1.89 bits per heavy atom. The molecule has 0 radical (unpaired) electrons. The Morgan fingerprint density at radius 1 is 1.17 bits per heavy atom. The molecule has 0 fully saturated rings. The topological polar surface area (TPSA) is 26.3 Å². The van der Waals surface area contributed by atoms with Crippen molar-refractivity contribution >= 4 is 16.6 Å². The first-order chi connectivity index (χ1) is 8.70. The summed E-state index contributed by atoms with van der Waals surface area (Å²) in [6.07, 6.45) is 0.861. The minimum atomic E-state index is 0.0745. The standard InChI is InChI=1S/C16H18O2/c1-3-12(2)16(17)11-18-15-9-8-13-6-4-5-7-14(13)10-15/h4-10,12H,3,11H2,1-2H3. The monoisotopic (exact) mass is 242 g/mol. The van der Waals surface area contributed by atoms with Crippen molar-refractivity contribution < 1.29 is 9.53 Å². The summed E-state index contributed by atoms with van der Waals surface area (Å²) in [5.74, 6) is 0.987. The second kappa shape index (κ2) is 5.67. The summed E-state index contributed by atoms with van der Waals surface area (Å²) in [6, 6.07) is 14.0. The number of benzene rings is 2. The lowest BCUT2D eigenvalue weighted by atomic mass is 10.0. The van der Waals surface area contributed by atoms with Gasteiger partial charge in [0.2, 0.25) is 0 Å². The van der Waals surface area contributed by atoms with E-state index in [1.165, 1.54) is 5.39 Å². The van der Waals surface area contributed by atoms with E-state index >= 15 is 0 Å². The second-order valence-electron chi connectivity index (χ2n) is 4.57. The van der Waals surface area contributed by atoms with Gasteiger partial charge in [-0.05, 0) is 29.3 Å². The molecule has 0 aliphatic rings. The van der Waals surface area contributed by atoms with E-state index in [-0.39, 0.29) is 18.3 Å². The van der Waals surface area contributed by atoms with Crippen LogP contribution in [0.4, 0.5) is 0 Å². The number of ether oxygens (including phenoxy) is 1. The normalized spacial score (nSPS) is 12.3. The van der Waals surface area contributed by atoms with Gasteiger partial charge >= 0.3 is 0 Å². The van der Waals surface area contributed by atoms with E-state index in [0.717, 1.165) is 17.6 Å². The fourth-order valence-corrected chi connectivity index (χ4v) is 1.78. The minimum absolute atomic E-state index is 0.0745. The first kappa shape index (κ1) is 12.6. The van der Waals surface area contributed by atoms with Crippen LogP contribution in [0.2, 0.25) is 0 Å². The third kappa shape index (κ3) is 2.89. The third-order valence-electron chi connectivity index (χ3n) is 3.26. The number of carbonyl (C=O) groups excluding carboxylic acids is 1.